The van der Waals surface area contributed by atoms with Crippen LogP contribution in [0.15, 0.2) is 11.4 Å². The Morgan fingerprint density at radius 1 is 1.32 bits per heavy atom. The molecular formula is C13H14N3O2S+. The van der Waals surface area contributed by atoms with Crippen molar-refractivity contribution in [2.45, 2.75) is 55.1 Å². The number of carbonyl (C=O) groups excluding carboxylic acids is 1. The molecule has 0 aromatic carbocycles. The number of fused-ring (bicyclic) bond motifs is 2. The van der Waals surface area contributed by atoms with Crippen molar-refractivity contribution < 1.29 is 9.00 Å². The molecule has 0 atom stereocenters. The van der Waals surface area contributed by atoms with Crippen LogP contribution in [0.1, 0.15) is 44.1 Å². The van der Waals surface area contributed by atoms with Crippen LogP contribution in [0.4, 0.5) is 5.82 Å². The molecule has 98 valence electrons. The number of rotatable bonds is 2. The van der Waals surface area contributed by atoms with Crippen LogP contribution in [0, 0.1) is 0 Å². The van der Waals surface area contributed by atoms with Gasteiger partial charge in [-0.3, -0.25) is 9.69 Å². The highest BCUT2D eigenvalue weighted by molar-refractivity contribution is 7.65. The Hall–Kier alpha value is -1.43. The highest BCUT2D eigenvalue weighted by atomic mass is 32.1. The lowest BCUT2D eigenvalue weighted by atomic mass is 10.0. The van der Waals surface area contributed by atoms with E-state index in [1.165, 1.54) is 12.8 Å². The maximum absolute atomic E-state index is 12.7. The fourth-order valence-corrected chi connectivity index (χ4v) is 3.69. The van der Waals surface area contributed by atoms with Gasteiger partial charge in [0.25, 0.3) is 0 Å². The van der Waals surface area contributed by atoms with E-state index in [0.29, 0.717) is 17.5 Å². The van der Waals surface area contributed by atoms with E-state index in [1.807, 2.05) is 4.90 Å². The smallest absolute Gasteiger partial charge is 0.292 e. The first-order valence-corrected chi connectivity index (χ1v) is 7.51. The zero-order valence-electron chi connectivity index (χ0n) is 10.5. The molecule has 3 aliphatic rings. The summed E-state index contributed by atoms with van der Waals surface area (Å²) in [5, 5.41) is 0.215. The first-order valence-electron chi connectivity index (χ1n) is 6.77. The van der Waals surface area contributed by atoms with Crippen molar-refractivity contribution in [1.82, 2.24) is 9.97 Å². The van der Waals surface area contributed by atoms with Gasteiger partial charge >= 0.3 is 16.8 Å². The van der Waals surface area contributed by atoms with Gasteiger partial charge < -0.3 is 0 Å². The normalized spacial score (nSPS) is 24.0. The van der Waals surface area contributed by atoms with E-state index >= 15 is 0 Å². The van der Waals surface area contributed by atoms with E-state index in [1.54, 1.807) is 6.20 Å². The second kappa shape index (κ2) is 3.79. The molecular weight excluding hydrogens is 262 g/mol. The van der Waals surface area contributed by atoms with E-state index in [-0.39, 0.29) is 22.5 Å². The molecule has 0 N–H and O–H groups in total. The third-order valence-corrected chi connectivity index (χ3v) is 4.98. The molecule has 2 saturated carbocycles. The van der Waals surface area contributed by atoms with Gasteiger partial charge in [-0.2, -0.15) is 9.97 Å². The zero-order valence-corrected chi connectivity index (χ0v) is 11.3. The van der Waals surface area contributed by atoms with Crippen LogP contribution < -0.4 is 4.90 Å². The summed E-state index contributed by atoms with van der Waals surface area (Å²) in [5.74, 6) is 0.902. The molecule has 2 fully saturated rings. The van der Waals surface area contributed by atoms with Crippen LogP contribution >= 0.6 is 0 Å². The summed E-state index contributed by atoms with van der Waals surface area (Å²) >= 11 is 0.291. The van der Waals surface area contributed by atoms with Gasteiger partial charge in [0.15, 0.2) is 0 Å². The van der Waals surface area contributed by atoms with Crippen molar-refractivity contribution in [1.29, 1.82) is 0 Å². The fraction of sp³-hybridized carbons (Fsp3) is 0.615. The van der Waals surface area contributed by atoms with Crippen LogP contribution in [-0.4, -0.2) is 21.9 Å². The molecule has 1 amide bonds. The molecule has 4 rings (SSSR count). The Balaban J connectivity index is 1.85. The quantitative estimate of drug-likeness (QED) is 0.608. The van der Waals surface area contributed by atoms with Crippen molar-refractivity contribution in [2.24, 2.45) is 0 Å². The largest absolute Gasteiger partial charge is 0.550 e. The summed E-state index contributed by atoms with van der Waals surface area (Å²) in [7, 11) is 0. The minimum atomic E-state index is -0.343. The molecule has 2 aliphatic carbocycles. The summed E-state index contributed by atoms with van der Waals surface area (Å²) in [6, 6.07) is 0.269. The standard InChI is InChI=1S/C13H14N3O2S/c17-11-13(5-6-13)9-7-14-12(19-18)15-10(9)16(11)8-3-1-2-4-8/h7-8H,1-6H2/q+1. The molecule has 1 aliphatic heterocycles. The Kier molecular flexibility index (Phi) is 2.27. The lowest BCUT2D eigenvalue weighted by Crippen LogP contribution is -2.39. The monoisotopic (exact) mass is 276 g/mol. The summed E-state index contributed by atoms with van der Waals surface area (Å²) < 4.78 is 10.9. The Morgan fingerprint density at radius 3 is 2.68 bits per heavy atom. The summed E-state index contributed by atoms with van der Waals surface area (Å²) in [4.78, 5) is 23.0. The first kappa shape index (κ1) is 11.4. The second-order valence-electron chi connectivity index (χ2n) is 5.67. The number of anilines is 1. The van der Waals surface area contributed by atoms with Gasteiger partial charge in [-0.15, -0.1) is 0 Å². The van der Waals surface area contributed by atoms with Crippen LogP contribution in [0.3, 0.4) is 0 Å². The molecule has 0 bridgehead atoms. The molecule has 5 nitrogen and oxygen atoms in total. The van der Waals surface area contributed by atoms with Crippen LogP contribution in [0.5, 0.6) is 0 Å². The van der Waals surface area contributed by atoms with E-state index < -0.39 is 0 Å². The van der Waals surface area contributed by atoms with E-state index in [9.17, 15) is 9.00 Å². The lowest BCUT2D eigenvalue weighted by molar-refractivity contribution is -0.120. The lowest BCUT2D eigenvalue weighted by Gasteiger charge is -2.23. The first-order chi connectivity index (χ1) is 9.26. The molecule has 6 heteroatoms. The van der Waals surface area contributed by atoms with E-state index in [0.717, 1.165) is 31.2 Å². The van der Waals surface area contributed by atoms with Gasteiger partial charge in [-0.05, 0) is 25.7 Å². The highest BCUT2D eigenvalue weighted by Crippen LogP contribution is 2.57. The highest BCUT2D eigenvalue weighted by Gasteiger charge is 2.61. The Labute approximate surface area is 114 Å². The average Bonchev–Trinajstić information content (AvgIpc) is 3.00. The van der Waals surface area contributed by atoms with Crippen molar-refractivity contribution in [3.63, 3.8) is 0 Å². The molecule has 1 spiro atoms. The minimum absolute atomic E-state index is 0.191. The van der Waals surface area contributed by atoms with Crippen molar-refractivity contribution >= 4 is 23.4 Å². The minimum Gasteiger partial charge on any atom is -0.292 e. The Bertz CT molecular complexity index is 579. The summed E-state index contributed by atoms with van der Waals surface area (Å²) in [5.41, 5.74) is 0.603. The number of carbonyl (C=O) groups is 1. The maximum Gasteiger partial charge on any atom is 0.550 e. The van der Waals surface area contributed by atoms with Gasteiger partial charge in [0.05, 0.1) is 5.41 Å². The SMILES string of the molecule is O=[S+]c1ncc2c(n1)N(C1CCCC1)C(=O)C21CC1. The molecule has 0 radical (unpaired) electrons. The summed E-state index contributed by atoms with van der Waals surface area (Å²) in [6.45, 7) is 0. The van der Waals surface area contributed by atoms with Gasteiger partial charge in [0, 0.05) is 22.0 Å². The number of hydrogen-bond donors (Lipinski definition) is 0. The van der Waals surface area contributed by atoms with Gasteiger partial charge in [0.1, 0.15) is 5.82 Å². The fourth-order valence-electron chi connectivity index (χ4n) is 3.47. The number of aromatic nitrogens is 2. The average molecular weight is 276 g/mol. The molecule has 19 heavy (non-hydrogen) atoms. The third kappa shape index (κ3) is 1.43. The molecule has 1 aromatic rings. The maximum atomic E-state index is 12.7. The summed E-state index contributed by atoms with van der Waals surface area (Å²) in [6.07, 6.45) is 7.93. The zero-order chi connectivity index (χ0) is 13.0. The van der Waals surface area contributed by atoms with Crippen molar-refractivity contribution in [3.05, 3.63) is 11.8 Å². The predicted octanol–water partition coefficient (Wildman–Crippen LogP) is 1.58. The van der Waals surface area contributed by atoms with Crippen molar-refractivity contribution in [3.8, 4) is 0 Å². The predicted molar refractivity (Wildman–Crippen MR) is 69.0 cm³/mol. The number of nitrogens with zero attached hydrogens (tertiary/aromatic N) is 3. The van der Waals surface area contributed by atoms with E-state index in [4.69, 9.17) is 0 Å². The van der Waals surface area contributed by atoms with Crippen LogP contribution in [-0.2, 0) is 26.1 Å². The van der Waals surface area contributed by atoms with Crippen LogP contribution in [0.2, 0.25) is 0 Å². The van der Waals surface area contributed by atoms with Crippen LogP contribution in [0.25, 0.3) is 0 Å². The van der Waals surface area contributed by atoms with Gasteiger partial charge in [0.2, 0.25) is 5.91 Å². The van der Waals surface area contributed by atoms with Crippen molar-refractivity contribution in [2.75, 3.05) is 4.90 Å². The molecule has 1 aromatic heterocycles. The Morgan fingerprint density at radius 2 is 2.05 bits per heavy atom. The van der Waals surface area contributed by atoms with Gasteiger partial charge in [-0.1, -0.05) is 12.8 Å². The van der Waals surface area contributed by atoms with E-state index in [2.05, 4.69) is 9.97 Å². The number of amides is 1. The molecule has 0 unspecified atom stereocenters. The molecule has 0 saturated heterocycles. The number of hydrogen-bond acceptors (Lipinski definition) is 4. The third-order valence-electron chi connectivity index (χ3n) is 4.63. The molecule has 2 heterocycles. The van der Waals surface area contributed by atoms with Gasteiger partial charge in [-0.25, -0.2) is 0 Å². The second-order valence-corrected chi connectivity index (χ2v) is 6.20. The topological polar surface area (TPSA) is 63.2 Å².